The number of para-hydroxylation sites is 2. The normalized spacial score (nSPS) is 11.9. The molecule has 0 fully saturated rings. The van der Waals surface area contributed by atoms with Gasteiger partial charge in [0, 0.05) is 33.5 Å². The molecule has 1 heterocycles. The fourth-order valence-corrected chi connectivity index (χ4v) is 12.0. The zero-order valence-electron chi connectivity index (χ0n) is 39.3. The molecule has 334 valence electrons. The molecule has 0 bridgehead atoms. The molecule has 0 atom stereocenters. The van der Waals surface area contributed by atoms with Crippen molar-refractivity contribution in [2.24, 2.45) is 0 Å². The summed E-state index contributed by atoms with van der Waals surface area (Å²) in [5.41, 5.74) is 14.0. The SMILES string of the molecule is c1ccc(-c2ccc(-c3ccc(N(c4cccc(-c5ccc6c(c5)c5ccccc5n6-c5ccccc5)c4)c4cc5ccc6cccc7c8cccc9ccc%10cccc(c(c4)c5c67)c%10c98)cc3)cc2)cc1. The summed E-state index contributed by atoms with van der Waals surface area (Å²) in [5.74, 6) is 0. The molecule has 0 spiro atoms. The van der Waals surface area contributed by atoms with Crippen molar-refractivity contribution in [1.82, 2.24) is 4.57 Å². The molecule has 0 radical (unpaired) electrons. The van der Waals surface area contributed by atoms with E-state index in [1.165, 1.54) is 114 Å². The molecule has 0 amide bonds. The van der Waals surface area contributed by atoms with Gasteiger partial charge in [-0.15, -0.1) is 0 Å². The van der Waals surface area contributed by atoms with Crippen LogP contribution in [0.5, 0.6) is 0 Å². The summed E-state index contributed by atoms with van der Waals surface area (Å²) in [4.78, 5) is 2.46. The molecule has 2 heteroatoms. The predicted octanol–water partition coefficient (Wildman–Crippen LogP) is 19.6. The van der Waals surface area contributed by atoms with Gasteiger partial charge in [0.25, 0.3) is 0 Å². The van der Waals surface area contributed by atoms with Gasteiger partial charge in [0.2, 0.25) is 0 Å². The maximum absolute atomic E-state index is 2.47. The molecule has 0 saturated carbocycles. The lowest BCUT2D eigenvalue weighted by atomic mass is 9.87. The molecule has 2 nitrogen and oxygen atoms in total. The van der Waals surface area contributed by atoms with Crippen molar-refractivity contribution in [3.63, 3.8) is 0 Å². The molecule has 14 aromatic carbocycles. The Morgan fingerprint density at radius 2 is 0.681 bits per heavy atom. The Kier molecular flexibility index (Phi) is 8.99. The standard InChI is InChI=1S/C70H44N2/c1-3-13-45(14-4-1)46-27-29-47(30-28-46)48-35-38-56(39-36-48)71(57-21-9-18-52(41-57)53-37-40-66-63(43-53)59-22-7-8-26-65(59)72(66)55-19-5-2-6-20-55)58-42-54-34-33-51-16-11-24-61-60-23-10-15-49-31-32-50-17-12-25-62(69(50)67(49)60)64(44-58)70(54)68(51)61/h1-44H. The number of fused-ring (bicyclic) bond motifs is 5. The Morgan fingerprint density at radius 3 is 1.33 bits per heavy atom. The number of hydrogen-bond donors (Lipinski definition) is 0. The minimum absolute atomic E-state index is 1.09. The molecule has 15 rings (SSSR count). The zero-order valence-corrected chi connectivity index (χ0v) is 39.3. The van der Waals surface area contributed by atoms with Crippen LogP contribution in [0, 0.1) is 0 Å². The second-order valence-electron chi connectivity index (χ2n) is 19.2. The van der Waals surface area contributed by atoms with Crippen molar-refractivity contribution in [2.75, 3.05) is 4.90 Å². The first-order valence-electron chi connectivity index (χ1n) is 24.9. The summed E-state index contributed by atoms with van der Waals surface area (Å²) in [7, 11) is 0. The summed E-state index contributed by atoms with van der Waals surface area (Å²) in [6.07, 6.45) is 0. The predicted molar refractivity (Wildman–Crippen MR) is 308 cm³/mol. The quantitative estimate of drug-likeness (QED) is 0.145. The number of hydrogen-bond acceptors (Lipinski definition) is 1. The van der Waals surface area contributed by atoms with Crippen LogP contribution in [0.3, 0.4) is 0 Å². The van der Waals surface area contributed by atoms with E-state index in [9.17, 15) is 0 Å². The average molecular weight is 913 g/mol. The molecule has 0 aliphatic heterocycles. The minimum atomic E-state index is 1.09. The van der Waals surface area contributed by atoms with Crippen molar-refractivity contribution in [3.05, 3.63) is 267 Å². The first kappa shape index (κ1) is 40.4. The van der Waals surface area contributed by atoms with Crippen LogP contribution in [0.2, 0.25) is 0 Å². The first-order chi connectivity index (χ1) is 35.7. The topological polar surface area (TPSA) is 8.17 Å². The van der Waals surface area contributed by atoms with Crippen molar-refractivity contribution in [1.29, 1.82) is 0 Å². The number of benzene rings is 13. The highest BCUT2D eigenvalue weighted by Crippen LogP contribution is 2.47. The van der Waals surface area contributed by atoms with E-state index >= 15 is 0 Å². The van der Waals surface area contributed by atoms with E-state index in [4.69, 9.17) is 0 Å². The lowest BCUT2D eigenvalue weighted by Crippen LogP contribution is -2.10. The first-order valence-corrected chi connectivity index (χ1v) is 24.9. The lowest BCUT2D eigenvalue weighted by Gasteiger charge is -2.27. The Morgan fingerprint density at radius 1 is 0.222 bits per heavy atom. The van der Waals surface area contributed by atoms with Gasteiger partial charge >= 0.3 is 0 Å². The molecular formula is C70H44N2. The number of aromatic nitrogens is 1. The van der Waals surface area contributed by atoms with Gasteiger partial charge in [-0.2, -0.15) is 0 Å². The molecule has 72 heavy (non-hydrogen) atoms. The Bertz CT molecular complexity index is 4580. The van der Waals surface area contributed by atoms with Gasteiger partial charge in [-0.05, 0) is 165 Å². The van der Waals surface area contributed by atoms with Crippen LogP contribution in [0.4, 0.5) is 17.1 Å². The van der Waals surface area contributed by atoms with Crippen molar-refractivity contribution in [2.45, 2.75) is 0 Å². The molecule has 0 aliphatic carbocycles. The average Bonchev–Trinajstić information content (AvgIpc) is 3.78. The highest BCUT2D eigenvalue weighted by atomic mass is 15.1. The zero-order chi connectivity index (χ0) is 47.3. The molecule has 0 saturated heterocycles. The summed E-state index contributed by atoms with van der Waals surface area (Å²) >= 11 is 0. The second kappa shape index (κ2) is 16.0. The van der Waals surface area contributed by atoms with Gasteiger partial charge in [0.15, 0.2) is 0 Å². The van der Waals surface area contributed by atoms with Crippen molar-refractivity contribution >= 4 is 104 Å². The summed E-state index contributed by atoms with van der Waals surface area (Å²) in [6, 6.07) is 98.8. The third kappa shape index (κ3) is 6.29. The van der Waals surface area contributed by atoms with Crippen LogP contribution in [0.1, 0.15) is 0 Å². The number of anilines is 3. The second-order valence-corrected chi connectivity index (χ2v) is 19.2. The molecule has 1 aromatic heterocycles. The molecular weight excluding hydrogens is 869 g/mol. The van der Waals surface area contributed by atoms with Gasteiger partial charge < -0.3 is 9.47 Å². The largest absolute Gasteiger partial charge is 0.310 e. The van der Waals surface area contributed by atoms with Crippen LogP contribution in [-0.4, -0.2) is 4.57 Å². The van der Waals surface area contributed by atoms with E-state index in [1.807, 2.05) is 0 Å². The Hall–Kier alpha value is -9.50. The molecule has 0 N–H and O–H groups in total. The van der Waals surface area contributed by atoms with Crippen LogP contribution in [0.15, 0.2) is 267 Å². The highest BCUT2D eigenvalue weighted by molar-refractivity contribution is 6.37. The number of rotatable bonds is 7. The van der Waals surface area contributed by atoms with Crippen LogP contribution < -0.4 is 4.90 Å². The smallest absolute Gasteiger partial charge is 0.0541 e. The van der Waals surface area contributed by atoms with Gasteiger partial charge in [0.1, 0.15) is 0 Å². The maximum atomic E-state index is 2.47. The van der Waals surface area contributed by atoms with Crippen LogP contribution >= 0.6 is 0 Å². The van der Waals surface area contributed by atoms with Crippen LogP contribution in [-0.2, 0) is 0 Å². The Balaban J connectivity index is 0.953. The monoisotopic (exact) mass is 912 g/mol. The van der Waals surface area contributed by atoms with E-state index in [2.05, 4.69) is 276 Å². The van der Waals surface area contributed by atoms with E-state index in [0.717, 1.165) is 28.3 Å². The summed E-state index contributed by atoms with van der Waals surface area (Å²) < 4.78 is 2.38. The molecule has 15 aromatic rings. The van der Waals surface area contributed by atoms with E-state index in [-0.39, 0.29) is 0 Å². The summed E-state index contributed by atoms with van der Waals surface area (Å²) in [5, 5.41) is 17.7. The van der Waals surface area contributed by atoms with E-state index in [1.54, 1.807) is 0 Å². The van der Waals surface area contributed by atoms with Crippen molar-refractivity contribution in [3.8, 4) is 39.1 Å². The lowest BCUT2D eigenvalue weighted by molar-refractivity contribution is 1.18. The third-order valence-corrected chi connectivity index (χ3v) is 15.2. The minimum Gasteiger partial charge on any atom is -0.310 e. The Labute approximate surface area is 416 Å². The van der Waals surface area contributed by atoms with E-state index in [0.29, 0.717) is 0 Å². The van der Waals surface area contributed by atoms with Gasteiger partial charge in [0.05, 0.1) is 11.0 Å². The molecule has 0 unspecified atom stereocenters. The fourth-order valence-electron chi connectivity index (χ4n) is 12.0. The van der Waals surface area contributed by atoms with Crippen LogP contribution in [0.25, 0.3) is 126 Å². The van der Waals surface area contributed by atoms with Gasteiger partial charge in [-0.1, -0.05) is 200 Å². The summed E-state index contributed by atoms with van der Waals surface area (Å²) in [6.45, 7) is 0. The fraction of sp³-hybridized carbons (Fsp3) is 0. The number of nitrogens with zero attached hydrogens (tertiary/aromatic N) is 2. The van der Waals surface area contributed by atoms with Crippen molar-refractivity contribution < 1.29 is 0 Å². The van der Waals surface area contributed by atoms with Gasteiger partial charge in [-0.25, -0.2) is 0 Å². The highest BCUT2D eigenvalue weighted by Gasteiger charge is 2.21. The molecule has 0 aliphatic rings. The van der Waals surface area contributed by atoms with Gasteiger partial charge in [-0.3, -0.25) is 0 Å². The van der Waals surface area contributed by atoms with E-state index < -0.39 is 0 Å². The maximum Gasteiger partial charge on any atom is 0.0541 e. The third-order valence-electron chi connectivity index (χ3n) is 15.2.